The number of aliphatic hydroxyl groups is 1. The highest BCUT2D eigenvalue weighted by Gasteiger charge is 1.99. The lowest BCUT2D eigenvalue weighted by Crippen LogP contribution is -1.90. The Hall–Kier alpha value is -0.600. The molecule has 0 unspecified atom stereocenters. The number of hydrogen-bond donors (Lipinski definition) is 1. The number of rotatable bonds is 4. The van der Waals surface area contributed by atoms with Crippen LogP contribution in [-0.2, 0) is 0 Å². The summed E-state index contributed by atoms with van der Waals surface area (Å²) in [4.78, 5) is 0. The molecule has 0 aromatic carbocycles. The van der Waals surface area contributed by atoms with Crippen molar-refractivity contribution in [3.8, 4) is 0 Å². The Kier molecular flexibility index (Phi) is 5.68. The van der Waals surface area contributed by atoms with Gasteiger partial charge < -0.3 is 5.11 Å². The Bertz CT molecular complexity index is 219. The van der Waals surface area contributed by atoms with E-state index in [1.807, 2.05) is 6.92 Å². The highest BCUT2D eigenvalue weighted by Crippen LogP contribution is 2.16. The van der Waals surface area contributed by atoms with Crippen LogP contribution in [0, 0.1) is 0 Å². The van der Waals surface area contributed by atoms with Gasteiger partial charge in [-0.2, -0.15) is 0 Å². The Morgan fingerprint density at radius 2 is 2.25 bits per heavy atom. The molecule has 68 valence electrons. The van der Waals surface area contributed by atoms with Crippen molar-refractivity contribution in [3.63, 3.8) is 0 Å². The zero-order valence-electron chi connectivity index (χ0n) is 6.98. The van der Waals surface area contributed by atoms with Crippen LogP contribution >= 0.6 is 11.6 Å². The molecule has 0 aromatic heterocycles. The van der Waals surface area contributed by atoms with E-state index in [2.05, 4.69) is 6.58 Å². The van der Waals surface area contributed by atoms with Crippen molar-refractivity contribution >= 4 is 11.6 Å². The summed E-state index contributed by atoms with van der Waals surface area (Å²) in [5.74, 6) is -0.495. The van der Waals surface area contributed by atoms with Crippen LogP contribution in [0.3, 0.4) is 0 Å². The third kappa shape index (κ3) is 3.69. The molecule has 0 atom stereocenters. The predicted octanol–water partition coefficient (Wildman–Crippen LogP) is 2.92. The first kappa shape index (κ1) is 11.4. The lowest BCUT2D eigenvalue weighted by molar-refractivity contribution is 0.333. The van der Waals surface area contributed by atoms with Crippen LogP contribution in [0.1, 0.15) is 13.3 Å². The van der Waals surface area contributed by atoms with Gasteiger partial charge in [-0.1, -0.05) is 25.1 Å². The Balaban J connectivity index is 4.68. The molecule has 0 saturated carbocycles. The molecule has 0 rings (SSSR count). The molecule has 3 heteroatoms. The van der Waals surface area contributed by atoms with E-state index in [1.165, 1.54) is 6.08 Å². The molecule has 0 spiro atoms. The number of aliphatic hydroxyl groups excluding tert-OH is 1. The smallest absolute Gasteiger partial charge is 0.123 e. The summed E-state index contributed by atoms with van der Waals surface area (Å²) in [5, 5.41) is 9.25. The first-order valence-corrected chi connectivity index (χ1v) is 4.01. The molecule has 0 aliphatic heterocycles. The quantitative estimate of drug-likeness (QED) is 0.676. The summed E-state index contributed by atoms with van der Waals surface area (Å²) >= 11 is 5.71. The van der Waals surface area contributed by atoms with Crippen molar-refractivity contribution in [1.82, 2.24) is 0 Å². The minimum Gasteiger partial charge on any atom is -0.392 e. The molecule has 0 fully saturated rings. The largest absolute Gasteiger partial charge is 0.392 e. The minimum absolute atomic E-state index is 0.256. The van der Waals surface area contributed by atoms with E-state index >= 15 is 0 Å². The van der Waals surface area contributed by atoms with Crippen LogP contribution < -0.4 is 0 Å². The van der Waals surface area contributed by atoms with Crippen LogP contribution in [0.2, 0.25) is 0 Å². The van der Waals surface area contributed by atoms with Crippen molar-refractivity contribution in [2.75, 3.05) is 6.61 Å². The maximum Gasteiger partial charge on any atom is 0.123 e. The summed E-state index contributed by atoms with van der Waals surface area (Å²) in [5.41, 5.74) is 0.400. The first-order valence-electron chi connectivity index (χ1n) is 3.63. The Morgan fingerprint density at radius 1 is 1.67 bits per heavy atom. The van der Waals surface area contributed by atoms with Gasteiger partial charge in [0, 0.05) is 5.03 Å². The summed E-state index contributed by atoms with van der Waals surface area (Å²) < 4.78 is 12.6. The first-order chi connectivity index (χ1) is 5.65. The van der Waals surface area contributed by atoms with Crippen molar-refractivity contribution in [1.29, 1.82) is 0 Å². The number of halogens is 2. The standard InChI is InChI=1S/C9H12ClFO/c1-3-8(11)5-7(6-12)9(10)4-2/h3,5,12H,1,4,6H2,2H3/b8-5+,9-7-. The lowest BCUT2D eigenvalue weighted by atomic mass is 10.2. The molecule has 0 amide bonds. The molecule has 0 aliphatic rings. The van der Waals surface area contributed by atoms with E-state index in [0.29, 0.717) is 17.0 Å². The summed E-state index contributed by atoms with van der Waals surface area (Å²) in [6.07, 6.45) is 2.83. The van der Waals surface area contributed by atoms with E-state index in [4.69, 9.17) is 16.7 Å². The molecule has 0 aliphatic carbocycles. The molecule has 1 N–H and O–H groups in total. The molecule has 0 bridgehead atoms. The monoisotopic (exact) mass is 190 g/mol. The van der Waals surface area contributed by atoms with E-state index in [-0.39, 0.29) is 6.61 Å². The van der Waals surface area contributed by atoms with E-state index in [9.17, 15) is 4.39 Å². The molecule has 0 heterocycles. The second kappa shape index (κ2) is 5.98. The molecule has 0 aromatic rings. The van der Waals surface area contributed by atoms with Crippen molar-refractivity contribution in [3.05, 3.63) is 35.2 Å². The van der Waals surface area contributed by atoms with Gasteiger partial charge in [-0.05, 0) is 24.1 Å². The molecule has 12 heavy (non-hydrogen) atoms. The van der Waals surface area contributed by atoms with E-state index in [1.54, 1.807) is 0 Å². The maximum atomic E-state index is 12.6. The van der Waals surface area contributed by atoms with Gasteiger partial charge in [0.25, 0.3) is 0 Å². The van der Waals surface area contributed by atoms with Gasteiger partial charge in [0.1, 0.15) is 5.83 Å². The van der Waals surface area contributed by atoms with Gasteiger partial charge >= 0.3 is 0 Å². The van der Waals surface area contributed by atoms with Gasteiger partial charge in [0.05, 0.1) is 6.61 Å². The summed E-state index contributed by atoms with van der Waals surface area (Å²) in [6, 6.07) is 0. The van der Waals surface area contributed by atoms with Gasteiger partial charge in [-0.25, -0.2) is 4.39 Å². The highest BCUT2D eigenvalue weighted by molar-refractivity contribution is 6.30. The zero-order valence-corrected chi connectivity index (χ0v) is 7.74. The third-order valence-electron chi connectivity index (χ3n) is 1.34. The fourth-order valence-corrected chi connectivity index (χ4v) is 0.776. The van der Waals surface area contributed by atoms with Crippen molar-refractivity contribution in [2.24, 2.45) is 0 Å². The molecule has 0 saturated heterocycles. The lowest BCUT2D eigenvalue weighted by Gasteiger charge is -2.00. The number of allylic oxidation sites excluding steroid dienone is 3. The van der Waals surface area contributed by atoms with Gasteiger partial charge in [0.15, 0.2) is 0 Å². The minimum atomic E-state index is -0.495. The van der Waals surface area contributed by atoms with E-state index in [0.717, 1.165) is 6.08 Å². The average molecular weight is 191 g/mol. The van der Waals surface area contributed by atoms with Crippen LogP contribution in [-0.4, -0.2) is 11.7 Å². The van der Waals surface area contributed by atoms with Gasteiger partial charge in [-0.3, -0.25) is 0 Å². The van der Waals surface area contributed by atoms with Gasteiger partial charge in [0.2, 0.25) is 0 Å². The fourth-order valence-electron chi connectivity index (χ4n) is 0.662. The fraction of sp³-hybridized carbons (Fsp3) is 0.333. The van der Waals surface area contributed by atoms with Crippen LogP contribution in [0.4, 0.5) is 4.39 Å². The molecule has 0 radical (unpaired) electrons. The van der Waals surface area contributed by atoms with Crippen molar-refractivity contribution < 1.29 is 9.50 Å². The molecular formula is C9H12ClFO. The molecular weight excluding hydrogens is 179 g/mol. The number of hydrogen-bond acceptors (Lipinski definition) is 1. The maximum absolute atomic E-state index is 12.6. The molecule has 1 nitrogen and oxygen atoms in total. The normalized spacial score (nSPS) is 14.2. The topological polar surface area (TPSA) is 20.2 Å². The van der Waals surface area contributed by atoms with Crippen LogP contribution in [0.15, 0.2) is 35.2 Å². The zero-order chi connectivity index (χ0) is 9.56. The SMILES string of the molecule is C=C/C(F)=C\C(CO)=C(\Cl)CC. The average Bonchev–Trinajstić information content (AvgIpc) is 2.12. The highest BCUT2D eigenvalue weighted by atomic mass is 35.5. The Labute approximate surface area is 76.9 Å². The van der Waals surface area contributed by atoms with Crippen molar-refractivity contribution in [2.45, 2.75) is 13.3 Å². The Morgan fingerprint density at radius 3 is 2.58 bits per heavy atom. The second-order valence-electron chi connectivity index (χ2n) is 2.18. The third-order valence-corrected chi connectivity index (χ3v) is 1.85. The van der Waals surface area contributed by atoms with Crippen LogP contribution in [0.5, 0.6) is 0 Å². The second-order valence-corrected chi connectivity index (χ2v) is 2.63. The van der Waals surface area contributed by atoms with Crippen LogP contribution in [0.25, 0.3) is 0 Å². The summed E-state index contributed by atoms with van der Waals surface area (Å²) in [7, 11) is 0. The summed E-state index contributed by atoms with van der Waals surface area (Å²) in [6.45, 7) is 4.82. The van der Waals surface area contributed by atoms with E-state index < -0.39 is 5.83 Å². The van der Waals surface area contributed by atoms with Gasteiger partial charge in [-0.15, -0.1) is 0 Å². The predicted molar refractivity (Wildman–Crippen MR) is 49.6 cm³/mol.